The van der Waals surface area contributed by atoms with E-state index in [2.05, 4.69) is 6.92 Å². The van der Waals surface area contributed by atoms with Crippen molar-refractivity contribution in [2.24, 2.45) is 28.6 Å². The third-order valence-corrected chi connectivity index (χ3v) is 9.41. The third-order valence-electron chi connectivity index (χ3n) is 9.41. The molecule has 0 aromatic rings. The van der Waals surface area contributed by atoms with Crippen LogP contribution in [0.3, 0.4) is 0 Å². The van der Waals surface area contributed by atoms with Crippen LogP contribution in [-0.2, 0) is 9.53 Å². The first-order valence-corrected chi connectivity index (χ1v) is 10.9. The summed E-state index contributed by atoms with van der Waals surface area (Å²) < 4.78 is 5.18. The monoisotopic (exact) mass is 388 g/mol. The highest BCUT2D eigenvalue weighted by Crippen LogP contribution is 2.69. The summed E-state index contributed by atoms with van der Waals surface area (Å²) in [7, 11) is 0. The zero-order valence-corrected chi connectivity index (χ0v) is 16.7. The van der Waals surface area contributed by atoms with Crippen LogP contribution in [0.25, 0.3) is 0 Å². The Morgan fingerprint density at radius 3 is 2.68 bits per heavy atom. The number of fused-ring (bicyclic) bond motifs is 5. The average molecular weight is 389 g/mol. The van der Waals surface area contributed by atoms with Gasteiger partial charge in [-0.3, -0.25) is 0 Å². The lowest BCUT2D eigenvalue weighted by Gasteiger charge is -2.62. The zero-order chi connectivity index (χ0) is 19.7. The molecule has 3 fully saturated rings. The normalized spacial score (nSPS) is 50.2. The van der Waals surface area contributed by atoms with E-state index >= 15 is 0 Å². The molecule has 3 saturated carbocycles. The van der Waals surface area contributed by atoms with Gasteiger partial charge in [0.05, 0.1) is 18.3 Å². The van der Waals surface area contributed by atoms with Gasteiger partial charge in [0.1, 0.15) is 6.61 Å². The molecule has 154 valence electrons. The predicted octanol–water partition coefficient (Wildman–Crippen LogP) is 2.50. The summed E-state index contributed by atoms with van der Waals surface area (Å²) >= 11 is 0. The number of esters is 1. The molecule has 4 aliphatic carbocycles. The van der Waals surface area contributed by atoms with E-state index in [9.17, 15) is 20.1 Å². The molecular weight excluding hydrogens is 356 g/mol. The van der Waals surface area contributed by atoms with Crippen LogP contribution in [0.1, 0.15) is 58.3 Å². The Bertz CT molecular complexity index is 756. The number of aliphatic hydroxyl groups excluding tert-OH is 2. The molecular formula is C23H32O5. The van der Waals surface area contributed by atoms with Crippen molar-refractivity contribution < 1.29 is 24.9 Å². The molecule has 0 unspecified atom stereocenters. The van der Waals surface area contributed by atoms with Crippen molar-refractivity contribution in [1.82, 2.24) is 0 Å². The number of aliphatic hydroxyl groups is 3. The molecule has 0 amide bonds. The summed E-state index contributed by atoms with van der Waals surface area (Å²) in [6.07, 6.45) is 10.0. The van der Waals surface area contributed by atoms with Gasteiger partial charge in [0.25, 0.3) is 0 Å². The lowest BCUT2D eigenvalue weighted by Crippen LogP contribution is -2.62. The molecule has 0 aromatic heterocycles. The van der Waals surface area contributed by atoms with Crippen molar-refractivity contribution in [2.75, 3.05) is 13.2 Å². The van der Waals surface area contributed by atoms with Crippen LogP contribution >= 0.6 is 0 Å². The largest absolute Gasteiger partial charge is 0.458 e. The lowest BCUT2D eigenvalue weighted by atomic mass is 9.44. The molecule has 0 saturated heterocycles. The van der Waals surface area contributed by atoms with E-state index in [-0.39, 0.29) is 41.2 Å². The second-order valence-electron chi connectivity index (χ2n) is 10.2. The Kier molecular flexibility index (Phi) is 4.15. The molecule has 5 heteroatoms. The van der Waals surface area contributed by atoms with Gasteiger partial charge in [0.15, 0.2) is 0 Å². The van der Waals surface area contributed by atoms with Gasteiger partial charge in [-0.05, 0) is 74.7 Å². The molecule has 0 bridgehead atoms. The van der Waals surface area contributed by atoms with Gasteiger partial charge in [-0.15, -0.1) is 0 Å². The van der Waals surface area contributed by atoms with Crippen LogP contribution in [-0.4, -0.2) is 46.2 Å². The molecule has 1 heterocycles. The number of hydrogen-bond donors (Lipinski definition) is 3. The summed E-state index contributed by atoms with van der Waals surface area (Å²) in [5.74, 6) is 0.363. The van der Waals surface area contributed by atoms with Gasteiger partial charge in [0.2, 0.25) is 0 Å². The molecule has 1 aliphatic heterocycles. The maximum absolute atomic E-state index is 12.1. The van der Waals surface area contributed by atoms with Crippen LogP contribution < -0.4 is 0 Å². The summed E-state index contributed by atoms with van der Waals surface area (Å²) in [4.78, 5) is 11.6. The fraction of sp³-hybridized carbons (Fsp3) is 0.783. The fourth-order valence-corrected chi connectivity index (χ4v) is 7.96. The van der Waals surface area contributed by atoms with E-state index in [1.54, 1.807) is 6.08 Å². The minimum absolute atomic E-state index is 0.108. The van der Waals surface area contributed by atoms with Crippen molar-refractivity contribution in [3.8, 4) is 0 Å². The molecule has 0 spiro atoms. The molecule has 5 nitrogen and oxygen atoms in total. The maximum atomic E-state index is 12.1. The first kappa shape index (κ1) is 18.8. The van der Waals surface area contributed by atoms with E-state index in [0.29, 0.717) is 13.0 Å². The van der Waals surface area contributed by atoms with E-state index in [0.717, 1.165) is 50.5 Å². The minimum atomic E-state index is -0.767. The molecule has 7 atom stereocenters. The highest BCUT2D eigenvalue weighted by atomic mass is 16.5. The highest BCUT2D eigenvalue weighted by molar-refractivity contribution is 5.85. The van der Waals surface area contributed by atoms with E-state index in [4.69, 9.17) is 4.74 Å². The van der Waals surface area contributed by atoms with Crippen molar-refractivity contribution in [3.63, 3.8) is 0 Å². The van der Waals surface area contributed by atoms with E-state index < -0.39 is 11.7 Å². The summed E-state index contributed by atoms with van der Waals surface area (Å²) in [5.41, 5.74) is 0.977. The number of ether oxygens (including phenoxy) is 1. The van der Waals surface area contributed by atoms with Crippen molar-refractivity contribution in [2.45, 2.75) is 70.0 Å². The standard InChI is InChI=1S/C23H32O5/c1-21-7-5-18-19(3-2-15-11-16(25)4-8-22(15,18)13-24)23(21,27)9-6-17(21)14-10-20(26)28-12-14/h10-11,16-19,24-25,27H,2-9,12-13H2,1H3/t16-,17+,18+,19+,21+,22+,23-/m0/s1. The SMILES string of the molecule is C[C@]12CC[C@@H]3[C@@H](CCC4=C[C@@H](O)CC[C@@]43CO)[C@@]1(O)CC[C@@H]2C1=CC(=O)OC1. The molecule has 5 aliphatic rings. The fourth-order valence-electron chi connectivity index (χ4n) is 7.96. The third kappa shape index (κ3) is 2.27. The van der Waals surface area contributed by atoms with Gasteiger partial charge in [-0.25, -0.2) is 4.79 Å². The van der Waals surface area contributed by atoms with Gasteiger partial charge in [0, 0.05) is 16.9 Å². The zero-order valence-electron chi connectivity index (χ0n) is 16.7. The van der Waals surface area contributed by atoms with Gasteiger partial charge in [-0.2, -0.15) is 0 Å². The second kappa shape index (κ2) is 6.16. The van der Waals surface area contributed by atoms with Gasteiger partial charge >= 0.3 is 5.97 Å². The number of rotatable bonds is 2. The minimum Gasteiger partial charge on any atom is -0.458 e. The van der Waals surface area contributed by atoms with Crippen LogP contribution in [0.4, 0.5) is 0 Å². The Morgan fingerprint density at radius 2 is 1.96 bits per heavy atom. The Morgan fingerprint density at radius 1 is 1.14 bits per heavy atom. The van der Waals surface area contributed by atoms with Crippen molar-refractivity contribution in [1.29, 1.82) is 0 Å². The smallest absolute Gasteiger partial charge is 0.331 e. The number of hydrogen-bond acceptors (Lipinski definition) is 5. The molecule has 3 N–H and O–H groups in total. The summed E-state index contributed by atoms with van der Waals surface area (Å²) in [6.45, 7) is 2.69. The molecule has 0 radical (unpaired) electrons. The van der Waals surface area contributed by atoms with Crippen LogP contribution in [0.2, 0.25) is 0 Å². The Balaban J connectivity index is 1.51. The number of carbonyl (C=O) groups is 1. The molecule has 28 heavy (non-hydrogen) atoms. The number of cyclic esters (lactones) is 1. The summed E-state index contributed by atoms with van der Waals surface area (Å²) in [6, 6.07) is 0. The predicted molar refractivity (Wildman–Crippen MR) is 103 cm³/mol. The van der Waals surface area contributed by atoms with E-state index in [1.807, 2.05) is 6.08 Å². The molecule has 5 rings (SSSR count). The van der Waals surface area contributed by atoms with Crippen LogP contribution in [0.15, 0.2) is 23.3 Å². The first-order chi connectivity index (χ1) is 13.3. The van der Waals surface area contributed by atoms with Crippen molar-refractivity contribution >= 4 is 5.97 Å². The topological polar surface area (TPSA) is 87.0 Å². The van der Waals surface area contributed by atoms with E-state index in [1.165, 1.54) is 5.57 Å². The first-order valence-electron chi connectivity index (χ1n) is 10.9. The number of carbonyl (C=O) groups excluding carboxylic acids is 1. The van der Waals surface area contributed by atoms with Gasteiger partial charge < -0.3 is 20.1 Å². The second-order valence-corrected chi connectivity index (χ2v) is 10.2. The van der Waals surface area contributed by atoms with Crippen LogP contribution in [0.5, 0.6) is 0 Å². The Hall–Kier alpha value is -1.17. The average Bonchev–Trinajstić information content (AvgIpc) is 3.22. The van der Waals surface area contributed by atoms with Gasteiger partial charge in [-0.1, -0.05) is 18.6 Å². The maximum Gasteiger partial charge on any atom is 0.331 e. The summed E-state index contributed by atoms with van der Waals surface area (Å²) in [5, 5.41) is 32.7. The van der Waals surface area contributed by atoms with Crippen LogP contribution in [0, 0.1) is 28.6 Å². The van der Waals surface area contributed by atoms with Crippen molar-refractivity contribution in [3.05, 3.63) is 23.3 Å². The lowest BCUT2D eigenvalue weighted by molar-refractivity contribution is -0.188. The highest BCUT2D eigenvalue weighted by Gasteiger charge is 2.67. The quantitative estimate of drug-likeness (QED) is 0.500. The molecule has 0 aromatic carbocycles. The Labute approximate surface area is 166 Å².